The van der Waals surface area contributed by atoms with E-state index in [9.17, 15) is 14.4 Å². The van der Waals surface area contributed by atoms with Gasteiger partial charge in [0, 0.05) is 38.9 Å². The van der Waals surface area contributed by atoms with Crippen LogP contribution in [0.25, 0.3) is 0 Å². The molecule has 1 aliphatic heterocycles. The van der Waals surface area contributed by atoms with Crippen LogP contribution < -0.4 is 27.2 Å². The van der Waals surface area contributed by atoms with Crippen molar-refractivity contribution in [3.05, 3.63) is 50.7 Å². The molecule has 10 heteroatoms. The molecule has 4 N–H and O–H groups in total. The number of amides is 1. The molecule has 10 nitrogen and oxygen atoms in total. The predicted octanol–water partition coefficient (Wildman–Crippen LogP) is 0.826. The third-order valence-electron chi connectivity index (χ3n) is 5.46. The Bertz CT molecular complexity index is 1020. The number of hydrogen-bond acceptors (Lipinski definition) is 7. The first-order valence-electron chi connectivity index (χ1n) is 10.9. The van der Waals surface area contributed by atoms with Gasteiger partial charge in [-0.3, -0.25) is 24.0 Å². The highest BCUT2D eigenvalue weighted by atomic mass is 16.5. The zero-order chi connectivity index (χ0) is 23.1. The van der Waals surface area contributed by atoms with Crippen molar-refractivity contribution in [2.24, 2.45) is 0 Å². The van der Waals surface area contributed by atoms with E-state index in [2.05, 4.69) is 15.2 Å². The molecule has 1 fully saturated rings. The molecule has 0 radical (unpaired) electrons. The number of morpholine rings is 1. The minimum Gasteiger partial charge on any atom is -0.383 e. The van der Waals surface area contributed by atoms with E-state index in [-0.39, 0.29) is 24.0 Å². The van der Waals surface area contributed by atoms with Gasteiger partial charge in [0.1, 0.15) is 11.5 Å². The molecule has 0 saturated carbocycles. The maximum atomic E-state index is 12.5. The van der Waals surface area contributed by atoms with Crippen LogP contribution in [0.15, 0.2) is 33.9 Å². The number of nitrogen functional groups attached to an aromatic ring is 1. The minimum absolute atomic E-state index is 0.0648. The summed E-state index contributed by atoms with van der Waals surface area (Å²) in [5.74, 6) is -0.228. The van der Waals surface area contributed by atoms with E-state index in [0.29, 0.717) is 12.2 Å². The second kappa shape index (κ2) is 11.0. The molecule has 2 heterocycles. The van der Waals surface area contributed by atoms with Crippen LogP contribution in [0, 0.1) is 0 Å². The van der Waals surface area contributed by atoms with Crippen molar-refractivity contribution in [1.29, 1.82) is 0 Å². The van der Waals surface area contributed by atoms with Crippen LogP contribution in [0.5, 0.6) is 0 Å². The fourth-order valence-corrected chi connectivity index (χ4v) is 3.69. The number of nitrogens with two attached hydrogens (primary N) is 1. The van der Waals surface area contributed by atoms with E-state index in [0.717, 1.165) is 51.3 Å². The maximum Gasteiger partial charge on any atom is 0.330 e. The summed E-state index contributed by atoms with van der Waals surface area (Å²) in [6.45, 7) is 6.50. The summed E-state index contributed by atoms with van der Waals surface area (Å²) < 4.78 is 6.70. The van der Waals surface area contributed by atoms with E-state index >= 15 is 0 Å². The smallest absolute Gasteiger partial charge is 0.330 e. The lowest BCUT2D eigenvalue weighted by atomic mass is 10.2. The number of ether oxygens (including phenoxy) is 1. The highest BCUT2D eigenvalue weighted by Gasteiger charge is 2.18. The van der Waals surface area contributed by atoms with Crippen LogP contribution in [-0.4, -0.2) is 60.3 Å². The van der Waals surface area contributed by atoms with Crippen LogP contribution >= 0.6 is 0 Å². The van der Waals surface area contributed by atoms with E-state index in [1.165, 1.54) is 9.47 Å². The van der Waals surface area contributed by atoms with Gasteiger partial charge in [-0.2, -0.15) is 0 Å². The second-order valence-electron chi connectivity index (χ2n) is 7.99. The molecule has 0 bridgehead atoms. The Hall–Kier alpha value is -3.11. The van der Waals surface area contributed by atoms with E-state index in [1.807, 2.05) is 31.2 Å². The highest BCUT2D eigenvalue weighted by molar-refractivity contribution is 5.94. The third kappa shape index (κ3) is 5.98. The summed E-state index contributed by atoms with van der Waals surface area (Å²) in [4.78, 5) is 43.0. The molecule has 3 rings (SSSR count). The van der Waals surface area contributed by atoms with E-state index < -0.39 is 11.2 Å². The summed E-state index contributed by atoms with van der Waals surface area (Å²) >= 11 is 0. The van der Waals surface area contributed by atoms with Crippen LogP contribution in [0.3, 0.4) is 0 Å². The van der Waals surface area contributed by atoms with Gasteiger partial charge in [-0.05, 0) is 24.1 Å². The molecule has 1 amide bonds. The summed E-state index contributed by atoms with van der Waals surface area (Å²) in [7, 11) is 1.60. The van der Waals surface area contributed by atoms with Gasteiger partial charge in [-0.1, -0.05) is 25.5 Å². The van der Waals surface area contributed by atoms with Gasteiger partial charge in [0.2, 0.25) is 5.91 Å². The van der Waals surface area contributed by atoms with Gasteiger partial charge in [0.05, 0.1) is 19.8 Å². The Morgan fingerprint density at radius 1 is 1.22 bits per heavy atom. The number of anilines is 3. The first-order chi connectivity index (χ1) is 15.4. The Morgan fingerprint density at radius 2 is 1.91 bits per heavy atom. The maximum absolute atomic E-state index is 12.5. The number of carbonyl (C=O) groups excluding carboxylic acids is 1. The average molecular weight is 445 g/mol. The number of unbranched alkanes of at least 4 members (excludes halogenated alkanes) is 1. The van der Waals surface area contributed by atoms with Gasteiger partial charge in [0.25, 0.3) is 5.56 Å². The molecule has 0 atom stereocenters. The minimum atomic E-state index is -0.608. The van der Waals surface area contributed by atoms with Gasteiger partial charge in [-0.25, -0.2) is 4.79 Å². The number of H-pyrrole nitrogens is 1. The van der Waals surface area contributed by atoms with Crippen molar-refractivity contribution < 1.29 is 9.53 Å². The van der Waals surface area contributed by atoms with Gasteiger partial charge in [0.15, 0.2) is 0 Å². The van der Waals surface area contributed by atoms with E-state index in [1.54, 1.807) is 7.05 Å². The number of aromatic nitrogens is 2. The molecule has 32 heavy (non-hydrogen) atoms. The first-order valence-corrected chi connectivity index (χ1v) is 10.9. The molecule has 1 aliphatic rings. The molecule has 0 unspecified atom stereocenters. The summed E-state index contributed by atoms with van der Waals surface area (Å²) in [5.41, 5.74) is 6.90. The second-order valence-corrected chi connectivity index (χ2v) is 7.99. The standard InChI is InChI=1S/C22H32N6O4/c1-3-4-9-28-20(23)19(21(30)25-22(28)31)26(2)15-18(29)24-17-7-5-16(6-8-17)14-27-10-12-32-13-11-27/h5-8H,3-4,9-15,23H2,1-2H3,(H,24,29)(H,25,30,31). The monoisotopic (exact) mass is 444 g/mol. The lowest BCUT2D eigenvalue weighted by Crippen LogP contribution is -2.39. The number of carbonyl (C=O) groups is 1. The summed E-state index contributed by atoms with van der Waals surface area (Å²) in [6.07, 6.45) is 1.63. The number of nitrogens with zero attached hydrogens (tertiary/aromatic N) is 3. The van der Waals surface area contributed by atoms with Crippen molar-refractivity contribution in [2.75, 3.05) is 55.8 Å². The molecule has 1 saturated heterocycles. The zero-order valence-electron chi connectivity index (χ0n) is 18.7. The Labute approximate surface area is 187 Å². The van der Waals surface area contributed by atoms with Crippen molar-refractivity contribution >= 4 is 23.1 Å². The fourth-order valence-electron chi connectivity index (χ4n) is 3.69. The predicted molar refractivity (Wildman–Crippen MR) is 125 cm³/mol. The lowest BCUT2D eigenvalue weighted by Gasteiger charge is -2.26. The molecule has 2 aromatic rings. The van der Waals surface area contributed by atoms with Gasteiger partial charge >= 0.3 is 5.69 Å². The number of hydrogen-bond donors (Lipinski definition) is 3. The number of rotatable bonds is 9. The highest BCUT2D eigenvalue weighted by Crippen LogP contribution is 2.16. The van der Waals surface area contributed by atoms with Crippen molar-refractivity contribution in [3.63, 3.8) is 0 Å². The average Bonchev–Trinajstić information content (AvgIpc) is 2.75. The molecule has 174 valence electrons. The van der Waals surface area contributed by atoms with Gasteiger partial charge in [-0.15, -0.1) is 0 Å². The lowest BCUT2D eigenvalue weighted by molar-refractivity contribution is -0.114. The summed E-state index contributed by atoms with van der Waals surface area (Å²) in [5, 5.41) is 2.84. The number of nitrogens with one attached hydrogen (secondary N) is 2. The molecular formula is C22H32N6O4. The molecular weight excluding hydrogens is 412 g/mol. The Balaban J connectivity index is 1.62. The Morgan fingerprint density at radius 3 is 2.56 bits per heavy atom. The summed E-state index contributed by atoms with van der Waals surface area (Å²) in [6, 6.07) is 7.70. The van der Waals surface area contributed by atoms with Crippen LogP contribution in [0.2, 0.25) is 0 Å². The van der Waals surface area contributed by atoms with Crippen LogP contribution in [0.4, 0.5) is 17.2 Å². The molecule has 1 aromatic carbocycles. The third-order valence-corrected chi connectivity index (χ3v) is 5.46. The number of aromatic amines is 1. The molecule has 0 spiro atoms. The zero-order valence-corrected chi connectivity index (χ0v) is 18.7. The normalized spacial score (nSPS) is 14.3. The fraction of sp³-hybridized carbons (Fsp3) is 0.500. The largest absolute Gasteiger partial charge is 0.383 e. The molecule has 0 aliphatic carbocycles. The van der Waals surface area contributed by atoms with Crippen molar-refractivity contribution in [3.8, 4) is 0 Å². The molecule has 1 aromatic heterocycles. The quantitative estimate of drug-likeness (QED) is 0.523. The van der Waals surface area contributed by atoms with Crippen LogP contribution in [0.1, 0.15) is 25.3 Å². The van der Waals surface area contributed by atoms with Crippen molar-refractivity contribution in [2.45, 2.75) is 32.9 Å². The number of benzene rings is 1. The first kappa shape index (κ1) is 23.6. The topological polar surface area (TPSA) is 126 Å². The SMILES string of the molecule is CCCCn1c(N)c(N(C)CC(=O)Nc2ccc(CN3CCOCC3)cc2)c(=O)[nH]c1=O. The van der Waals surface area contributed by atoms with E-state index in [4.69, 9.17) is 10.5 Å². The van der Waals surface area contributed by atoms with Crippen LogP contribution in [-0.2, 0) is 22.6 Å². The van der Waals surface area contributed by atoms with Crippen molar-refractivity contribution in [1.82, 2.24) is 14.5 Å². The Kier molecular flexibility index (Phi) is 8.07. The van der Waals surface area contributed by atoms with Gasteiger partial charge < -0.3 is 20.7 Å². The number of likely N-dealkylation sites (N-methyl/N-ethyl adjacent to an activating group) is 1.